The highest BCUT2D eigenvalue weighted by molar-refractivity contribution is 7.22. The number of hydrogen-bond donors (Lipinski definition) is 3. The Labute approximate surface area is 323 Å². The summed E-state index contributed by atoms with van der Waals surface area (Å²) in [7, 11) is -0.176. The highest BCUT2D eigenvalue weighted by Crippen LogP contribution is 2.64. The highest BCUT2D eigenvalue weighted by atomic mass is 35.5. The Morgan fingerprint density at radius 3 is 2.49 bits per heavy atom. The maximum Gasteiger partial charge on any atom is 0.488 e. The molecule has 0 radical (unpaired) electrons. The number of rotatable bonds is 5. The fourth-order valence-corrected chi connectivity index (χ4v) is 11.0. The number of halogens is 2. The van der Waals surface area contributed by atoms with Crippen molar-refractivity contribution in [3.05, 3.63) is 100 Å². The van der Waals surface area contributed by atoms with Crippen molar-refractivity contribution < 1.29 is 38.7 Å². The third-order valence-electron chi connectivity index (χ3n) is 12.2. The first-order valence-corrected chi connectivity index (χ1v) is 19.0. The Hall–Kier alpha value is -5.15. The van der Waals surface area contributed by atoms with Crippen molar-refractivity contribution in [2.24, 2.45) is 36.1 Å². The largest absolute Gasteiger partial charge is 0.505 e. The molecular weight excluding hydrogens is 746 g/mol. The quantitative estimate of drug-likeness (QED) is 0.125. The third-order valence-corrected chi connectivity index (χ3v) is 13.8. The molecule has 0 spiro atoms. The number of anilines is 2. The van der Waals surface area contributed by atoms with E-state index in [4.69, 9.17) is 16.7 Å². The molecule has 6 unspecified atom stereocenters. The zero-order valence-corrected chi connectivity index (χ0v) is 31.3. The number of imide groups is 2. The summed E-state index contributed by atoms with van der Waals surface area (Å²) >= 11 is 7.80. The maximum atomic E-state index is 15.2. The molecule has 9 rings (SSSR count). The van der Waals surface area contributed by atoms with Crippen LogP contribution in [0.25, 0.3) is 20.7 Å². The number of thiophene rings is 1. The molecule has 2 saturated heterocycles. The summed E-state index contributed by atoms with van der Waals surface area (Å²) in [5, 5.41) is 37.1. The number of phenols is 1. The molecule has 4 heterocycles. The van der Waals surface area contributed by atoms with Crippen LogP contribution in [-0.2, 0) is 26.2 Å². The Bertz CT molecular complexity index is 2570. The van der Waals surface area contributed by atoms with Gasteiger partial charge in [-0.3, -0.25) is 28.8 Å². The molecule has 4 aliphatic rings. The Balaban J connectivity index is 1.15. The van der Waals surface area contributed by atoms with Crippen molar-refractivity contribution in [2.45, 2.75) is 32.6 Å². The van der Waals surface area contributed by atoms with Crippen LogP contribution in [0.2, 0.25) is 5.02 Å². The van der Waals surface area contributed by atoms with E-state index in [1.54, 1.807) is 20.0 Å². The van der Waals surface area contributed by atoms with Crippen LogP contribution in [0, 0.1) is 41.8 Å². The molecule has 15 heteroatoms. The van der Waals surface area contributed by atoms with E-state index in [1.165, 1.54) is 52.4 Å². The monoisotopic (exact) mass is 778 g/mol. The number of benzene rings is 3. The van der Waals surface area contributed by atoms with Crippen LogP contribution in [0.1, 0.15) is 36.8 Å². The van der Waals surface area contributed by atoms with Crippen molar-refractivity contribution in [3.63, 3.8) is 0 Å². The Kier molecular flexibility index (Phi) is 8.04. The lowest BCUT2D eigenvalue weighted by atomic mass is 9.51. The van der Waals surface area contributed by atoms with Crippen LogP contribution in [0.15, 0.2) is 78.4 Å². The number of amides is 4. The van der Waals surface area contributed by atoms with Gasteiger partial charge < -0.3 is 15.2 Å². The number of aromatic nitrogens is 2. The molecule has 2 aliphatic heterocycles. The smallest absolute Gasteiger partial charge is 0.488 e. The lowest BCUT2D eigenvalue weighted by Crippen LogP contribution is -2.49. The second-order valence-electron chi connectivity index (χ2n) is 15.0. The number of aryl methyl sites for hydroxylation is 2. The predicted molar refractivity (Wildman–Crippen MR) is 205 cm³/mol. The molecule has 2 aromatic heterocycles. The van der Waals surface area contributed by atoms with E-state index in [1.807, 2.05) is 31.2 Å². The molecule has 55 heavy (non-hydrogen) atoms. The Morgan fingerprint density at radius 1 is 0.964 bits per heavy atom. The minimum Gasteiger partial charge on any atom is -0.505 e. The zero-order valence-electron chi connectivity index (χ0n) is 29.7. The summed E-state index contributed by atoms with van der Waals surface area (Å²) in [4.78, 5) is 61.2. The van der Waals surface area contributed by atoms with Crippen LogP contribution in [0.4, 0.5) is 15.9 Å². The predicted octanol–water partition coefficient (Wildman–Crippen LogP) is 5.22. The number of phenolic OH excluding ortho intramolecular Hbond substituents is 1. The van der Waals surface area contributed by atoms with Crippen molar-refractivity contribution in [3.8, 4) is 16.3 Å². The van der Waals surface area contributed by atoms with E-state index >= 15 is 9.18 Å². The molecule has 4 amide bonds. The van der Waals surface area contributed by atoms with E-state index in [9.17, 15) is 29.5 Å². The minimum absolute atomic E-state index is 0.0420. The molecule has 5 aromatic rings. The standard InChI is InChI=1S/C40H33BClFN4O7S/c1-18-25-15-20(42)10-13-30(25)55-35(18)29-17-31(45(3)44-29)47-37(50)27-16-26-22(33(40(27,2)39(47)52)24-8-5-9-28(43)34(24)48)11-12-23-32(26)38(51)46(36(23)49)21-7-4-6-19(14-21)41(53)54/h4-11,13-15,17,23,26-27,32-33,48,53-54H,12,16H2,1-3H3. The number of allylic oxidation sites excluding steroid dienone is 2. The van der Waals surface area contributed by atoms with Crippen LogP contribution in [0.5, 0.6) is 5.75 Å². The van der Waals surface area contributed by atoms with Gasteiger partial charge in [0.05, 0.1) is 33.7 Å². The third kappa shape index (κ3) is 4.97. The normalized spacial score (nSPS) is 26.1. The average Bonchev–Trinajstić information content (AvgIpc) is 3.83. The fraction of sp³-hybridized carbons (Fsp3) is 0.275. The van der Waals surface area contributed by atoms with Gasteiger partial charge in [0, 0.05) is 34.3 Å². The van der Waals surface area contributed by atoms with Gasteiger partial charge in [0.2, 0.25) is 23.6 Å². The van der Waals surface area contributed by atoms with Gasteiger partial charge in [0.25, 0.3) is 0 Å². The summed E-state index contributed by atoms with van der Waals surface area (Å²) in [6.07, 6.45) is 1.98. The zero-order chi connectivity index (χ0) is 38.8. The first-order valence-electron chi connectivity index (χ1n) is 17.8. The second kappa shape index (κ2) is 12.4. The van der Waals surface area contributed by atoms with Crippen molar-refractivity contribution in [1.29, 1.82) is 0 Å². The molecule has 2 aliphatic carbocycles. The molecule has 3 fully saturated rings. The van der Waals surface area contributed by atoms with E-state index < -0.39 is 77.3 Å². The van der Waals surface area contributed by atoms with E-state index in [0.29, 0.717) is 16.3 Å². The summed E-state index contributed by atoms with van der Waals surface area (Å²) in [6, 6.07) is 17.3. The van der Waals surface area contributed by atoms with Gasteiger partial charge in [-0.05, 0) is 85.4 Å². The topological polar surface area (TPSA) is 153 Å². The summed E-state index contributed by atoms with van der Waals surface area (Å²) in [5.41, 5.74) is 0.942. The van der Waals surface area contributed by atoms with Gasteiger partial charge >= 0.3 is 7.12 Å². The highest BCUT2D eigenvalue weighted by Gasteiger charge is 2.68. The number of fused-ring (bicyclic) bond motifs is 5. The number of aromatic hydroxyl groups is 1. The molecule has 0 bridgehead atoms. The van der Waals surface area contributed by atoms with Gasteiger partial charge in [-0.1, -0.05) is 47.5 Å². The van der Waals surface area contributed by atoms with Crippen LogP contribution >= 0.6 is 22.9 Å². The molecule has 278 valence electrons. The number of carbonyl (C=O) groups excluding carboxylic acids is 4. The number of nitrogens with zero attached hydrogens (tertiary/aromatic N) is 4. The van der Waals surface area contributed by atoms with Crippen LogP contribution in [-0.4, -0.2) is 55.7 Å². The number of carbonyl (C=O) groups is 4. The van der Waals surface area contributed by atoms with Gasteiger partial charge in [-0.25, -0.2) is 9.29 Å². The van der Waals surface area contributed by atoms with E-state index in [-0.39, 0.29) is 35.4 Å². The molecular formula is C40H33BClFN4O7S. The van der Waals surface area contributed by atoms with Crippen molar-refractivity contribution in [2.75, 3.05) is 9.80 Å². The summed E-state index contributed by atoms with van der Waals surface area (Å²) < 4.78 is 17.6. The van der Waals surface area contributed by atoms with Gasteiger partial charge in [-0.2, -0.15) is 5.10 Å². The Morgan fingerprint density at radius 2 is 1.73 bits per heavy atom. The average molecular weight is 779 g/mol. The maximum absolute atomic E-state index is 15.2. The molecule has 3 aromatic carbocycles. The van der Waals surface area contributed by atoms with Crippen molar-refractivity contribution in [1.82, 2.24) is 9.78 Å². The summed E-state index contributed by atoms with van der Waals surface area (Å²) in [6.45, 7) is 3.62. The van der Waals surface area contributed by atoms with E-state index in [0.717, 1.165) is 36.4 Å². The van der Waals surface area contributed by atoms with Gasteiger partial charge in [-0.15, -0.1) is 11.3 Å². The first-order chi connectivity index (χ1) is 26.2. The minimum atomic E-state index is -1.82. The molecule has 6 atom stereocenters. The molecule has 1 saturated carbocycles. The molecule has 11 nitrogen and oxygen atoms in total. The van der Waals surface area contributed by atoms with Gasteiger partial charge in [0.1, 0.15) is 11.5 Å². The number of hydrogen-bond acceptors (Lipinski definition) is 9. The second-order valence-corrected chi connectivity index (χ2v) is 16.5. The molecule has 3 N–H and O–H groups in total. The van der Waals surface area contributed by atoms with Crippen molar-refractivity contribution >= 4 is 80.7 Å². The van der Waals surface area contributed by atoms with Crippen LogP contribution < -0.4 is 15.3 Å². The number of para-hydroxylation sites is 1. The fourth-order valence-electron chi connectivity index (χ4n) is 9.64. The lowest BCUT2D eigenvalue weighted by Gasteiger charge is -2.49. The lowest BCUT2D eigenvalue weighted by molar-refractivity contribution is -0.131. The van der Waals surface area contributed by atoms with Crippen LogP contribution in [0.3, 0.4) is 0 Å². The van der Waals surface area contributed by atoms with Gasteiger partial charge in [0.15, 0.2) is 11.6 Å². The summed E-state index contributed by atoms with van der Waals surface area (Å²) in [5.74, 6) is -7.89. The SMILES string of the molecule is Cc1c(-c2cc(N3C(=O)C4CC5C(=CCC6C(=O)N(c7cccc(B(O)O)c7)C(=O)C65)C(c5cccc(F)c5O)C4(C)C3=O)n(C)n2)sc2ccc(Cl)cc12. The first kappa shape index (κ1) is 35.6. The van der Waals surface area contributed by atoms with E-state index in [2.05, 4.69) is 0 Å².